The van der Waals surface area contributed by atoms with E-state index in [2.05, 4.69) is 12.2 Å². The van der Waals surface area contributed by atoms with Crippen molar-refractivity contribution in [1.82, 2.24) is 5.32 Å². The second-order valence-corrected chi connectivity index (χ2v) is 4.30. The molecule has 1 aromatic rings. The molecule has 0 aliphatic heterocycles. The highest BCUT2D eigenvalue weighted by atomic mass is 19.1. The monoisotopic (exact) mass is 209 g/mol. The van der Waals surface area contributed by atoms with Gasteiger partial charge >= 0.3 is 0 Å². The quantitative estimate of drug-likeness (QED) is 0.793. The molecule has 0 saturated heterocycles. The van der Waals surface area contributed by atoms with Crippen LogP contribution in [0.25, 0.3) is 0 Å². The maximum Gasteiger partial charge on any atom is 0.123 e. The molecular weight excluding hydrogens is 193 g/mol. The van der Waals surface area contributed by atoms with Crippen molar-refractivity contribution < 1.29 is 9.50 Å². The summed E-state index contributed by atoms with van der Waals surface area (Å²) in [7, 11) is 0. The van der Waals surface area contributed by atoms with E-state index >= 15 is 0 Å². The third kappa shape index (κ3) is 2.76. The van der Waals surface area contributed by atoms with Crippen molar-refractivity contribution in [1.29, 1.82) is 0 Å². The lowest BCUT2D eigenvalue weighted by molar-refractivity contribution is 0.173. The summed E-state index contributed by atoms with van der Waals surface area (Å²) < 4.78 is 12.9. The molecule has 1 aliphatic carbocycles. The van der Waals surface area contributed by atoms with Gasteiger partial charge in [0.05, 0.1) is 6.10 Å². The molecule has 2 nitrogen and oxygen atoms in total. The molecule has 3 unspecified atom stereocenters. The van der Waals surface area contributed by atoms with Crippen molar-refractivity contribution in [3.63, 3.8) is 0 Å². The highest BCUT2D eigenvalue weighted by Gasteiger charge is 2.32. The lowest BCUT2D eigenvalue weighted by Gasteiger charge is -2.11. The molecule has 1 aromatic carbocycles. The zero-order chi connectivity index (χ0) is 10.8. The van der Waals surface area contributed by atoms with Gasteiger partial charge in [-0.1, -0.05) is 19.1 Å². The summed E-state index contributed by atoms with van der Waals surface area (Å²) in [6, 6.07) is 6.66. The van der Waals surface area contributed by atoms with Gasteiger partial charge in [0.1, 0.15) is 5.82 Å². The van der Waals surface area contributed by atoms with Crippen LogP contribution in [0, 0.1) is 11.7 Å². The van der Waals surface area contributed by atoms with Crippen molar-refractivity contribution in [3.8, 4) is 0 Å². The summed E-state index contributed by atoms with van der Waals surface area (Å²) in [6.07, 6.45) is 0.559. The van der Waals surface area contributed by atoms with E-state index in [0.29, 0.717) is 24.1 Å². The van der Waals surface area contributed by atoms with Gasteiger partial charge in [-0.2, -0.15) is 0 Å². The van der Waals surface area contributed by atoms with Gasteiger partial charge in [-0.25, -0.2) is 4.39 Å². The van der Waals surface area contributed by atoms with E-state index < -0.39 is 6.10 Å². The topological polar surface area (TPSA) is 32.3 Å². The van der Waals surface area contributed by atoms with Crippen molar-refractivity contribution in [3.05, 3.63) is 35.6 Å². The summed E-state index contributed by atoms with van der Waals surface area (Å²) in [6.45, 7) is 2.67. The molecule has 0 amide bonds. The van der Waals surface area contributed by atoms with Gasteiger partial charge in [0.15, 0.2) is 0 Å². The first-order valence-electron chi connectivity index (χ1n) is 5.33. The Morgan fingerprint density at radius 2 is 2.33 bits per heavy atom. The molecule has 0 bridgehead atoms. The van der Waals surface area contributed by atoms with E-state index in [0.717, 1.165) is 0 Å². The van der Waals surface area contributed by atoms with Crippen LogP contribution in [0.4, 0.5) is 4.39 Å². The second-order valence-electron chi connectivity index (χ2n) is 4.30. The van der Waals surface area contributed by atoms with Gasteiger partial charge < -0.3 is 10.4 Å². The largest absolute Gasteiger partial charge is 0.387 e. The number of aliphatic hydroxyl groups is 1. The number of benzene rings is 1. The number of hydrogen-bond donors (Lipinski definition) is 2. The fourth-order valence-corrected chi connectivity index (χ4v) is 1.70. The number of aliphatic hydroxyl groups excluding tert-OH is 1. The van der Waals surface area contributed by atoms with E-state index in [1.54, 1.807) is 12.1 Å². The fourth-order valence-electron chi connectivity index (χ4n) is 1.70. The standard InChI is InChI=1S/C12H16FNO/c1-8-5-11(8)14-7-12(15)9-3-2-4-10(13)6-9/h2-4,6,8,11-12,14-15H,5,7H2,1H3. The third-order valence-electron chi connectivity index (χ3n) is 2.92. The number of nitrogens with one attached hydrogen (secondary N) is 1. The van der Waals surface area contributed by atoms with E-state index in [1.807, 2.05) is 0 Å². The smallest absolute Gasteiger partial charge is 0.123 e. The van der Waals surface area contributed by atoms with Crippen molar-refractivity contribution in [2.75, 3.05) is 6.54 Å². The molecule has 1 fully saturated rings. The summed E-state index contributed by atoms with van der Waals surface area (Å²) in [5, 5.41) is 13.0. The van der Waals surface area contributed by atoms with Gasteiger partial charge in [0.25, 0.3) is 0 Å². The van der Waals surface area contributed by atoms with E-state index in [4.69, 9.17) is 0 Å². The Morgan fingerprint density at radius 3 is 2.93 bits per heavy atom. The number of hydrogen-bond acceptors (Lipinski definition) is 2. The Balaban J connectivity index is 1.87. The SMILES string of the molecule is CC1CC1NCC(O)c1cccc(F)c1. The van der Waals surface area contributed by atoms with Crippen LogP contribution in [0.3, 0.4) is 0 Å². The molecule has 2 rings (SSSR count). The molecule has 1 aliphatic rings. The molecular formula is C12H16FNO. The summed E-state index contributed by atoms with van der Waals surface area (Å²) in [5.74, 6) is 0.413. The summed E-state index contributed by atoms with van der Waals surface area (Å²) in [4.78, 5) is 0. The van der Waals surface area contributed by atoms with Crippen LogP contribution in [-0.4, -0.2) is 17.7 Å². The number of rotatable bonds is 4. The van der Waals surface area contributed by atoms with Crippen LogP contribution in [0.15, 0.2) is 24.3 Å². The lowest BCUT2D eigenvalue weighted by atomic mass is 10.1. The van der Waals surface area contributed by atoms with Crippen LogP contribution in [0.5, 0.6) is 0 Å². The van der Waals surface area contributed by atoms with E-state index in [9.17, 15) is 9.50 Å². The number of halogens is 1. The van der Waals surface area contributed by atoms with Gasteiger partial charge in [-0.15, -0.1) is 0 Å². The van der Waals surface area contributed by atoms with Crippen molar-refractivity contribution in [2.45, 2.75) is 25.5 Å². The van der Waals surface area contributed by atoms with Crippen molar-refractivity contribution in [2.24, 2.45) is 5.92 Å². The highest BCUT2D eigenvalue weighted by Crippen LogP contribution is 2.29. The predicted octanol–water partition coefficient (Wildman–Crippen LogP) is 1.86. The van der Waals surface area contributed by atoms with Gasteiger partial charge in [0.2, 0.25) is 0 Å². The molecule has 0 heterocycles. The summed E-state index contributed by atoms with van der Waals surface area (Å²) >= 11 is 0. The Morgan fingerprint density at radius 1 is 1.60 bits per heavy atom. The van der Waals surface area contributed by atoms with Gasteiger partial charge in [-0.3, -0.25) is 0 Å². The molecule has 0 spiro atoms. The van der Waals surface area contributed by atoms with E-state index in [-0.39, 0.29) is 5.82 Å². The average molecular weight is 209 g/mol. The van der Waals surface area contributed by atoms with Crippen molar-refractivity contribution >= 4 is 0 Å². The van der Waals surface area contributed by atoms with Crippen LogP contribution in [0.1, 0.15) is 25.0 Å². The zero-order valence-electron chi connectivity index (χ0n) is 8.78. The minimum absolute atomic E-state index is 0.300. The Hall–Kier alpha value is -0.930. The van der Waals surface area contributed by atoms with Crippen LogP contribution in [-0.2, 0) is 0 Å². The molecule has 3 atom stereocenters. The maximum atomic E-state index is 12.9. The second kappa shape index (κ2) is 4.29. The predicted molar refractivity (Wildman–Crippen MR) is 56.9 cm³/mol. The van der Waals surface area contributed by atoms with E-state index in [1.165, 1.54) is 18.6 Å². The molecule has 82 valence electrons. The van der Waals surface area contributed by atoms with Crippen LogP contribution >= 0.6 is 0 Å². The first-order valence-corrected chi connectivity index (χ1v) is 5.33. The summed E-state index contributed by atoms with van der Waals surface area (Å²) in [5.41, 5.74) is 0.635. The van der Waals surface area contributed by atoms with Gasteiger partial charge in [-0.05, 0) is 30.0 Å². The van der Waals surface area contributed by atoms with Gasteiger partial charge in [0, 0.05) is 12.6 Å². The molecule has 0 aromatic heterocycles. The Bertz CT molecular complexity index is 342. The Labute approximate surface area is 89.1 Å². The average Bonchev–Trinajstić information content (AvgIpc) is 2.91. The zero-order valence-corrected chi connectivity index (χ0v) is 8.78. The minimum atomic E-state index is -0.617. The lowest BCUT2D eigenvalue weighted by Crippen LogP contribution is -2.24. The fraction of sp³-hybridized carbons (Fsp3) is 0.500. The molecule has 1 saturated carbocycles. The third-order valence-corrected chi connectivity index (χ3v) is 2.92. The first-order chi connectivity index (χ1) is 7.16. The molecule has 0 radical (unpaired) electrons. The Kier molecular flexibility index (Phi) is 3.03. The van der Waals surface area contributed by atoms with Crippen LogP contribution < -0.4 is 5.32 Å². The van der Waals surface area contributed by atoms with Crippen LogP contribution in [0.2, 0.25) is 0 Å². The molecule has 15 heavy (non-hydrogen) atoms. The minimum Gasteiger partial charge on any atom is -0.387 e. The molecule has 2 N–H and O–H groups in total. The first kappa shape index (κ1) is 10.6. The normalized spacial score (nSPS) is 26.3. The molecule has 3 heteroatoms. The maximum absolute atomic E-state index is 12.9. The highest BCUT2D eigenvalue weighted by molar-refractivity contribution is 5.19.